The number of hydrogen-bond donors (Lipinski definition) is 2. The summed E-state index contributed by atoms with van der Waals surface area (Å²) in [4.78, 5) is 52.9. The molecule has 2 rings (SSSR count). The fraction of sp³-hybridized carbons (Fsp3) is 0.833. The van der Waals surface area contributed by atoms with E-state index in [9.17, 15) is 28.0 Å². The van der Waals surface area contributed by atoms with E-state index in [2.05, 4.69) is 15.4 Å². The van der Waals surface area contributed by atoms with E-state index in [1.807, 2.05) is 13.8 Å². The van der Waals surface area contributed by atoms with E-state index >= 15 is 0 Å². The fourth-order valence-corrected chi connectivity index (χ4v) is 4.84. The number of likely N-dealkylation sites (tertiary alicyclic amines) is 1. The number of methoxy groups -OCH3 is 1. The summed E-state index contributed by atoms with van der Waals surface area (Å²) in [5.41, 5.74) is -1.73. The first-order valence-electron chi connectivity index (χ1n) is 11.8. The van der Waals surface area contributed by atoms with Crippen LogP contribution < -0.4 is 10.6 Å². The fourth-order valence-electron chi connectivity index (χ4n) is 4.84. The number of fused-ring (bicyclic) bond motifs is 1. The first-order valence-corrected chi connectivity index (χ1v) is 11.8. The van der Waals surface area contributed by atoms with Crippen molar-refractivity contribution in [1.29, 1.82) is 0 Å². The highest BCUT2D eigenvalue weighted by molar-refractivity contribution is 5.95. The molecule has 1 aliphatic heterocycles. The Morgan fingerprint density at radius 3 is 2.09 bits per heavy atom. The minimum atomic E-state index is -2.84. The Bertz CT molecular complexity index is 849. The summed E-state index contributed by atoms with van der Waals surface area (Å²) in [6, 6.07) is -3.52. The number of esters is 1. The van der Waals surface area contributed by atoms with Gasteiger partial charge in [0.25, 0.3) is 0 Å². The van der Waals surface area contributed by atoms with Gasteiger partial charge in [0.05, 0.1) is 7.11 Å². The highest BCUT2D eigenvalue weighted by atomic mass is 19.3. The second kappa shape index (κ2) is 9.89. The van der Waals surface area contributed by atoms with Crippen molar-refractivity contribution in [2.24, 2.45) is 22.7 Å². The van der Waals surface area contributed by atoms with Crippen LogP contribution in [0.2, 0.25) is 0 Å². The minimum Gasteiger partial charge on any atom is -0.467 e. The van der Waals surface area contributed by atoms with Gasteiger partial charge in [-0.3, -0.25) is 9.59 Å². The molecule has 2 N–H and O–H groups in total. The maximum atomic E-state index is 13.7. The number of nitrogens with zero attached hydrogens (tertiary/aromatic N) is 1. The highest BCUT2D eigenvalue weighted by Crippen LogP contribution is 2.65. The van der Waals surface area contributed by atoms with Crippen molar-refractivity contribution in [2.75, 3.05) is 13.7 Å². The van der Waals surface area contributed by atoms with Gasteiger partial charge < -0.3 is 25.0 Å². The molecule has 0 spiro atoms. The van der Waals surface area contributed by atoms with Crippen molar-refractivity contribution < 1.29 is 37.4 Å². The van der Waals surface area contributed by atoms with Crippen LogP contribution in [0.25, 0.3) is 0 Å². The van der Waals surface area contributed by atoms with Crippen LogP contribution in [-0.2, 0) is 23.9 Å². The Morgan fingerprint density at radius 1 is 1.06 bits per heavy atom. The van der Waals surface area contributed by atoms with Gasteiger partial charge in [-0.1, -0.05) is 34.6 Å². The zero-order valence-electron chi connectivity index (χ0n) is 22.0. The van der Waals surface area contributed by atoms with Gasteiger partial charge in [0, 0.05) is 13.0 Å². The molecule has 200 valence electrons. The Morgan fingerprint density at radius 2 is 1.63 bits per heavy atom. The van der Waals surface area contributed by atoms with Crippen molar-refractivity contribution in [3.8, 4) is 0 Å². The van der Waals surface area contributed by atoms with E-state index < -0.39 is 65.9 Å². The number of rotatable bonds is 7. The SMILES string of the molecule is COC(=O)[C@H](CC(F)F)NC(=O)[C@@H]1[C@@H]2[C@H](CN1C(=O)[C@@H](NC(=O)OC(C)(C)C)C(C)(C)C)C2(C)C. The molecule has 9 nitrogen and oxygen atoms in total. The first kappa shape index (κ1) is 28.8. The number of halogens is 2. The van der Waals surface area contributed by atoms with Crippen molar-refractivity contribution >= 4 is 23.9 Å². The van der Waals surface area contributed by atoms with Crippen molar-refractivity contribution in [3.63, 3.8) is 0 Å². The normalized spacial score (nSPS) is 24.8. The van der Waals surface area contributed by atoms with E-state index in [1.54, 1.807) is 41.5 Å². The lowest BCUT2D eigenvalue weighted by molar-refractivity contribution is -0.148. The number of alkyl halides is 2. The predicted octanol–water partition coefficient (Wildman–Crippen LogP) is 2.72. The van der Waals surface area contributed by atoms with Gasteiger partial charge in [0.1, 0.15) is 23.7 Å². The zero-order valence-corrected chi connectivity index (χ0v) is 22.0. The molecule has 2 fully saturated rings. The topological polar surface area (TPSA) is 114 Å². The van der Waals surface area contributed by atoms with Crippen molar-refractivity contribution in [1.82, 2.24) is 15.5 Å². The number of piperidine rings is 1. The summed E-state index contributed by atoms with van der Waals surface area (Å²) in [5, 5.41) is 5.01. The molecular formula is C24H39F2N3O6. The number of hydrogen-bond acceptors (Lipinski definition) is 6. The summed E-state index contributed by atoms with van der Waals surface area (Å²) in [6.07, 6.45) is -4.50. The molecule has 0 aromatic heterocycles. The average Bonchev–Trinajstić information content (AvgIpc) is 3.03. The van der Waals surface area contributed by atoms with E-state index in [0.29, 0.717) is 0 Å². The quantitative estimate of drug-likeness (QED) is 0.517. The van der Waals surface area contributed by atoms with Gasteiger partial charge in [-0.2, -0.15) is 0 Å². The third-order valence-corrected chi connectivity index (χ3v) is 6.75. The summed E-state index contributed by atoms with van der Waals surface area (Å²) in [6.45, 7) is 14.7. The third-order valence-electron chi connectivity index (χ3n) is 6.75. The first-order chi connectivity index (χ1) is 15.8. The molecule has 2 aliphatic rings. The third kappa shape index (κ3) is 6.61. The molecule has 0 unspecified atom stereocenters. The molecule has 1 saturated heterocycles. The van der Waals surface area contributed by atoms with Crippen LogP contribution in [0, 0.1) is 22.7 Å². The molecule has 3 amide bonds. The van der Waals surface area contributed by atoms with Crippen LogP contribution in [0.5, 0.6) is 0 Å². The van der Waals surface area contributed by atoms with Crippen LogP contribution in [-0.4, -0.2) is 72.6 Å². The van der Waals surface area contributed by atoms with Crippen molar-refractivity contribution in [2.45, 2.75) is 92.0 Å². The lowest BCUT2D eigenvalue weighted by atomic mass is 9.85. The molecule has 1 saturated carbocycles. The minimum absolute atomic E-state index is 0.0241. The smallest absolute Gasteiger partial charge is 0.408 e. The summed E-state index contributed by atoms with van der Waals surface area (Å²) in [7, 11) is 1.05. The molecule has 0 bridgehead atoms. The Hall–Kier alpha value is -2.46. The number of nitrogens with one attached hydrogen (secondary N) is 2. The van der Waals surface area contributed by atoms with E-state index in [1.165, 1.54) is 4.90 Å². The molecule has 11 heteroatoms. The van der Waals surface area contributed by atoms with Crippen LogP contribution in [0.1, 0.15) is 61.8 Å². The van der Waals surface area contributed by atoms with E-state index in [-0.39, 0.29) is 23.8 Å². The van der Waals surface area contributed by atoms with Gasteiger partial charge in [0.2, 0.25) is 18.2 Å². The Labute approximate surface area is 205 Å². The molecule has 5 atom stereocenters. The zero-order chi connectivity index (χ0) is 27.1. The van der Waals surface area contributed by atoms with E-state index in [4.69, 9.17) is 4.74 Å². The molecule has 1 aliphatic carbocycles. The van der Waals surface area contributed by atoms with Crippen molar-refractivity contribution in [3.05, 3.63) is 0 Å². The molecular weight excluding hydrogens is 464 g/mol. The summed E-state index contributed by atoms with van der Waals surface area (Å²) >= 11 is 0. The average molecular weight is 504 g/mol. The van der Waals surface area contributed by atoms with Crippen LogP contribution in [0.3, 0.4) is 0 Å². The summed E-state index contributed by atoms with van der Waals surface area (Å²) in [5.74, 6) is -2.35. The largest absolute Gasteiger partial charge is 0.467 e. The molecule has 0 aromatic rings. The standard InChI is InChI=1S/C24H39F2N3O6/c1-22(2,3)17(28-21(33)35-23(4,5)6)19(31)29-11-12-15(24(12,7)8)16(29)18(30)27-13(10-14(25)26)20(32)34-9/h12-17H,10-11H2,1-9H3,(H,27,30)(H,28,33)/t12-,13-,15-,16-,17+/m0/s1. The molecule has 0 radical (unpaired) electrons. The number of carbonyl (C=O) groups excluding carboxylic acids is 4. The van der Waals surface area contributed by atoms with Gasteiger partial charge in [-0.15, -0.1) is 0 Å². The van der Waals surface area contributed by atoms with Crippen LogP contribution >= 0.6 is 0 Å². The number of ether oxygens (including phenoxy) is 2. The maximum Gasteiger partial charge on any atom is 0.408 e. The Balaban J connectivity index is 2.31. The lowest BCUT2D eigenvalue weighted by Gasteiger charge is -2.38. The molecule has 1 heterocycles. The predicted molar refractivity (Wildman–Crippen MR) is 123 cm³/mol. The second-order valence-corrected chi connectivity index (χ2v) is 12.0. The highest BCUT2D eigenvalue weighted by Gasteiger charge is 2.70. The van der Waals surface area contributed by atoms with Crippen LogP contribution in [0.15, 0.2) is 0 Å². The van der Waals surface area contributed by atoms with Gasteiger partial charge in [-0.05, 0) is 43.4 Å². The summed E-state index contributed by atoms with van der Waals surface area (Å²) < 4.78 is 35.9. The number of carbonyl (C=O) groups is 4. The Kier molecular flexibility index (Phi) is 8.13. The van der Waals surface area contributed by atoms with Gasteiger partial charge in [0.15, 0.2) is 0 Å². The maximum absolute atomic E-state index is 13.7. The number of amides is 3. The lowest BCUT2D eigenvalue weighted by Crippen LogP contribution is -2.60. The van der Waals surface area contributed by atoms with Crippen LogP contribution in [0.4, 0.5) is 13.6 Å². The van der Waals surface area contributed by atoms with Gasteiger partial charge in [-0.25, -0.2) is 18.4 Å². The second-order valence-electron chi connectivity index (χ2n) is 12.0. The molecule has 0 aromatic carbocycles. The van der Waals surface area contributed by atoms with Gasteiger partial charge >= 0.3 is 12.1 Å². The number of alkyl carbamates (subject to hydrolysis) is 1. The monoisotopic (exact) mass is 503 g/mol. The molecule has 35 heavy (non-hydrogen) atoms. The van der Waals surface area contributed by atoms with E-state index in [0.717, 1.165) is 7.11 Å².